The smallest absolute Gasteiger partial charge is 0.332 e. The van der Waals surface area contributed by atoms with E-state index in [2.05, 4.69) is 35.6 Å². The zero-order chi connectivity index (χ0) is 28.8. The van der Waals surface area contributed by atoms with Gasteiger partial charge in [-0.1, -0.05) is 17.7 Å². The first-order valence-electron chi connectivity index (χ1n) is 13.5. The number of benzene rings is 2. The van der Waals surface area contributed by atoms with Crippen LogP contribution in [-0.2, 0) is 7.05 Å². The topological polar surface area (TPSA) is 66.5 Å². The second-order valence-electron chi connectivity index (χ2n) is 11.4. The molecule has 1 N–H and O–H groups in total. The third-order valence-electron chi connectivity index (χ3n) is 7.70. The second kappa shape index (κ2) is 10.7. The average molecular weight is 564 g/mol. The molecule has 1 saturated heterocycles. The third kappa shape index (κ3) is 5.38. The first-order chi connectivity index (χ1) is 18.9. The quantitative estimate of drug-likeness (QED) is 0.329. The maximum atomic E-state index is 15.0. The van der Waals surface area contributed by atoms with Crippen LogP contribution in [0.1, 0.15) is 32.9 Å². The van der Waals surface area contributed by atoms with Crippen molar-refractivity contribution in [2.45, 2.75) is 39.7 Å². The van der Waals surface area contributed by atoms with E-state index < -0.39 is 5.82 Å². The van der Waals surface area contributed by atoms with Crippen molar-refractivity contribution in [3.8, 4) is 33.7 Å². The van der Waals surface area contributed by atoms with Crippen LogP contribution in [0.5, 0.6) is 5.75 Å². The maximum Gasteiger partial charge on any atom is 0.332 e. The Hall–Kier alpha value is -3.62. The van der Waals surface area contributed by atoms with Gasteiger partial charge < -0.3 is 14.6 Å². The van der Waals surface area contributed by atoms with Crippen LogP contribution in [0.3, 0.4) is 0 Å². The van der Waals surface area contributed by atoms with Crippen molar-refractivity contribution in [1.29, 1.82) is 0 Å². The van der Waals surface area contributed by atoms with E-state index in [1.165, 1.54) is 21.3 Å². The summed E-state index contributed by atoms with van der Waals surface area (Å²) < 4.78 is 17.9. The number of aryl methyl sites for hydroxylation is 2. The van der Waals surface area contributed by atoms with Gasteiger partial charge in [0.05, 0.1) is 22.1 Å². The number of phenols is 1. The van der Waals surface area contributed by atoms with Gasteiger partial charge in [0.15, 0.2) is 0 Å². The summed E-state index contributed by atoms with van der Waals surface area (Å²) in [5, 5.41) is 11.7. The minimum atomic E-state index is -0.486. The average Bonchev–Trinajstić information content (AvgIpc) is 3.08. The Balaban J connectivity index is 1.50. The van der Waals surface area contributed by atoms with E-state index in [0.717, 1.165) is 44.0 Å². The Kier molecular flexibility index (Phi) is 7.50. The molecule has 4 aromatic rings. The lowest BCUT2D eigenvalue weighted by Crippen LogP contribution is -2.43. The number of hydrogen-bond donors (Lipinski definition) is 1. The predicted octanol–water partition coefficient (Wildman–Crippen LogP) is 6.02. The summed E-state index contributed by atoms with van der Waals surface area (Å²) >= 11 is 6.56. The Labute approximate surface area is 239 Å². The van der Waals surface area contributed by atoms with Crippen molar-refractivity contribution in [3.63, 3.8) is 0 Å². The van der Waals surface area contributed by atoms with Gasteiger partial charge in [-0.25, -0.2) is 9.18 Å². The Morgan fingerprint density at radius 3 is 2.33 bits per heavy atom. The molecule has 0 spiro atoms. The summed E-state index contributed by atoms with van der Waals surface area (Å²) in [6, 6.07) is 9.65. The number of nitrogens with zero attached hydrogens (tertiary/aromatic N) is 5. The lowest BCUT2D eigenvalue weighted by Gasteiger charge is -2.34. The number of halogens is 2. The Morgan fingerprint density at radius 2 is 1.68 bits per heavy atom. The maximum absolute atomic E-state index is 15.0. The van der Waals surface area contributed by atoms with Gasteiger partial charge in [0.2, 0.25) is 0 Å². The summed E-state index contributed by atoms with van der Waals surface area (Å²) in [6.07, 6.45) is 5.98. The van der Waals surface area contributed by atoms with Crippen LogP contribution in [0.25, 0.3) is 27.9 Å². The van der Waals surface area contributed by atoms with Crippen molar-refractivity contribution in [2.24, 2.45) is 7.05 Å². The van der Waals surface area contributed by atoms with Gasteiger partial charge in [-0.15, -0.1) is 0 Å². The molecule has 9 heteroatoms. The molecule has 0 radical (unpaired) electrons. The molecule has 2 aromatic carbocycles. The van der Waals surface area contributed by atoms with E-state index in [1.807, 2.05) is 13.0 Å². The number of rotatable bonds is 4. The largest absolute Gasteiger partial charge is 0.507 e. The number of imidazole rings is 1. The van der Waals surface area contributed by atoms with Crippen molar-refractivity contribution in [3.05, 3.63) is 82.0 Å². The van der Waals surface area contributed by atoms with Crippen LogP contribution in [0.4, 0.5) is 10.1 Å². The van der Waals surface area contributed by atoms with Crippen LogP contribution in [0.15, 0.2) is 59.8 Å². The minimum absolute atomic E-state index is 0.0616. The van der Waals surface area contributed by atoms with Crippen LogP contribution in [0, 0.1) is 12.7 Å². The Bertz CT molecular complexity index is 1620. The highest BCUT2D eigenvalue weighted by molar-refractivity contribution is 6.32. The number of phenolic OH excluding ortho intramolecular Hbond substituents is 1. The molecule has 0 aliphatic carbocycles. The lowest BCUT2D eigenvalue weighted by atomic mass is 9.97. The highest BCUT2D eigenvalue weighted by Crippen LogP contribution is 2.41. The van der Waals surface area contributed by atoms with Crippen molar-refractivity contribution >= 4 is 17.3 Å². The summed E-state index contributed by atoms with van der Waals surface area (Å²) in [4.78, 5) is 21.8. The lowest BCUT2D eigenvalue weighted by molar-refractivity contribution is 0.148. The number of pyridine rings is 1. The molecule has 3 heterocycles. The summed E-state index contributed by atoms with van der Waals surface area (Å²) in [6.45, 7) is 12.4. The first kappa shape index (κ1) is 27.9. The molecule has 1 fully saturated rings. The predicted molar refractivity (Wildman–Crippen MR) is 159 cm³/mol. The molecule has 210 valence electrons. The summed E-state index contributed by atoms with van der Waals surface area (Å²) in [5.41, 5.74) is 4.08. The molecule has 0 atom stereocenters. The van der Waals surface area contributed by atoms with E-state index in [9.17, 15) is 14.3 Å². The van der Waals surface area contributed by atoms with Crippen LogP contribution >= 0.6 is 11.6 Å². The van der Waals surface area contributed by atoms with E-state index in [0.29, 0.717) is 33.0 Å². The van der Waals surface area contributed by atoms with E-state index >= 15 is 0 Å². The molecular weight excluding hydrogens is 529 g/mol. The molecule has 0 saturated carbocycles. The molecule has 0 amide bonds. The fourth-order valence-electron chi connectivity index (χ4n) is 5.37. The fraction of sp³-hybridized carbons (Fsp3) is 0.355. The second-order valence-corrected chi connectivity index (χ2v) is 11.8. The SMILES string of the molecule is Cc1ncc(-c2cc(F)cc(-c3ccc(-n4ccn(C)c4=O)c(Cl)c3)c2O)cc1N1CCCN(C(C)(C)C)CC1. The number of anilines is 1. The van der Waals surface area contributed by atoms with Gasteiger partial charge in [0.25, 0.3) is 0 Å². The van der Waals surface area contributed by atoms with Crippen LogP contribution in [0.2, 0.25) is 5.02 Å². The molecule has 5 rings (SSSR count). The van der Waals surface area contributed by atoms with E-state index in [1.54, 1.807) is 43.8 Å². The number of hydrogen-bond acceptors (Lipinski definition) is 5. The van der Waals surface area contributed by atoms with Gasteiger partial charge in [-0.05, 0) is 70.0 Å². The van der Waals surface area contributed by atoms with Gasteiger partial charge >= 0.3 is 5.69 Å². The molecular formula is C31H35ClFN5O2. The fourth-order valence-corrected chi connectivity index (χ4v) is 5.65. The monoisotopic (exact) mass is 563 g/mol. The minimum Gasteiger partial charge on any atom is -0.507 e. The summed E-state index contributed by atoms with van der Waals surface area (Å²) in [5.74, 6) is -0.548. The molecule has 0 unspecified atom stereocenters. The van der Waals surface area contributed by atoms with Gasteiger partial charge in [-0.3, -0.25) is 14.5 Å². The van der Waals surface area contributed by atoms with Crippen LogP contribution < -0.4 is 10.6 Å². The Morgan fingerprint density at radius 1 is 0.950 bits per heavy atom. The first-order valence-corrected chi connectivity index (χ1v) is 13.9. The molecule has 1 aliphatic heterocycles. The van der Waals surface area contributed by atoms with Crippen molar-refractivity contribution in [1.82, 2.24) is 19.0 Å². The number of aromatic hydroxyl groups is 1. The third-order valence-corrected chi connectivity index (χ3v) is 8.00. The standard InChI is InChI=1S/C31H35ClFN5O2/c1-20-28(36-9-6-10-37(13-12-36)31(2,3)4)16-22(19-34-20)25-18-23(33)17-24(29(25)39)21-7-8-27(26(32)15-21)38-14-11-35(5)30(38)40/h7-8,11,14-19,39H,6,9-10,12-13H2,1-5H3. The molecule has 40 heavy (non-hydrogen) atoms. The summed E-state index contributed by atoms with van der Waals surface area (Å²) in [7, 11) is 1.66. The van der Waals surface area contributed by atoms with Gasteiger partial charge in [0, 0.05) is 74.0 Å². The van der Waals surface area contributed by atoms with Gasteiger partial charge in [-0.2, -0.15) is 0 Å². The molecule has 7 nitrogen and oxygen atoms in total. The van der Waals surface area contributed by atoms with Gasteiger partial charge in [0.1, 0.15) is 11.6 Å². The highest BCUT2D eigenvalue weighted by Gasteiger charge is 2.25. The zero-order valence-electron chi connectivity index (χ0n) is 23.6. The normalized spacial score (nSPS) is 14.9. The van der Waals surface area contributed by atoms with Crippen molar-refractivity contribution < 1.29 is 9.50 Å². The molecule has 0 bridgehead atoms. The molecule has 1 aliphatic rings. The van der Waals surface area contributed by atoms with E-state index in [-0.39, 0.29) is 17.0 Å². The van der Waals surface area contributed by atoms with Crippen LogP contribution in [-0.4, -0.2) is 55.8 Å². The van der Waals surface area contributed by atoms with Crippen molar-refractivity contribution in [2.75, 3.05) is 31.1 Å². The number of aromatic nitrogens is 3. The highest BCUT2D eigenvalue weighted by atomic mass is 35.5. The molecule has 2 aromatic heterocycles. The van der Waals surface area contributed by atoms with E-state index in [4.69, 9.17) is 11.6 Å². The zero-order valence-corrected chi connectivity index (χ0v) is 24.3.